The molecule has 0 spiro atoms. The molecule has 4 fully saturated rings. The first kappa shape index (κ1) is 13.8. The lowest BCUT2D eigenvalue weighted by molar-refractivity contribution is -0.129. The molecule has 2 unspecified atom stereocenters. The number of hydrogen-bond acceptors (Lipinski definition) is 5. The molecule has 0 aromatic carbocycles. The zero-order chi connectivity index (χ0) is 14.8. The van der Waals surface area contributed by atoms with Crippen LogP contribution in [-0.4, -0.2) is 26.8 Å². The second-order valence-electron chi connectivity index (χ2n) is 7.73. The summed E-state index contributed by atoms with van der Waals surface area (Å²) >= 11 is 1.58. The highest BCUT2D eigenvalue weighted by molar-refractivity contribution is 7.16. The minimum Gasteiger partial charge on any atom is -0.492 e. The molecule has 21 heavy (non-hydrogen) atoms. The fourth-order valence-electron chi connectivity index (χ4n) is 5.12. The summed E-state index contributed by atoms with van der Waals surface area (Å²) in [5, 5.41) is 25.0. The molecule has 4 aliphatic rings. The molecule has 0 saturated heterocycles. The van der Waals surface area contributed by atoms with Crippen molar-refractivity contribution < 1.29 is 10.2 Å². The second-order valence-corrected chi connectivity index (χ2v) is 8.76. The Morgan fingerprint density at radius 3 is 2.43 bits per heavy atom. The Balaban J connectivity index is 1.54. The second kappa shape index (κ2) is 4.59. The van der Waals surface area contributed by atoms with Gasteiger partial charge in [-0.1, -0.05) is 25.2 Å². The van der Waals surface area contributed by atoms with E-state index < -0.39 is 0 Å². The number of anilines is 1. The molecule has 116 valence electrons. The zero-order valence-corrected chi connectivity index (χ0v) is 13.5. The Hall–Kier alpha value is -0.810. The van der Waals surface area contributed by atoms with Crippen LogP contribution in [0, 0.1) is 17.8 Å². The van der Waals surface area contributed by atoms with E-state index in [1.807, 2.05) is 0 Å². The summed E-state index contributed by atoms with van der Waals surface area (Å²) in [6.45, 7) is 4.16. The molecule has 3 N–H and O–H groups in total. The van der Waals surface area contributed by atoms with Crippen LogP contribution in [-0.2, 0) is 0 Å². The lowest BCUT2D eigenvalue weighted by Gasteiger charge is -2.58. The van der Waals surface area contributed by atoms with Gasteiger partial charge in [0, 0.05) is 6.04 Å². The molecular weight excluding hydrogens is 284 g/mol. The Kier molecular flexibility index (Phi) is 3.02. The van der Waals surface area contributed by atoms with Crippen molar-refractivity contribution in [3.63, 3.8) is 0 Å². The first-order valence-electron chi connectivity index (χ1n) is 8.12. The van der Waals surface area contributed by atoms with Crippen LogP contribution in [0.1, 0.15) is 56.7 Å². The van der Waals surface area contributed by atoms with E-state index in [0.717, 1.165) is 35.2 Å². The van der Waals surface area contributed by atoms with Crippen LogP contribution in [0.3, 0.4) is 0 Å². The lowest BCUT2D eigenvalue weighted by Crippen LogP contribution is -2.58. The van der Waals surface area contributed by atoms with Gasteiger partial charge in [-0.15, -0.1) is 0 Å². The Bertz CT molecular complexity index is 540. The molecule has 5 rings (SSSR count). The lowest BCUT2D eigenvalue weighted by atomic mass is 9.52. The third-order valence-corrected chi connectivity index (χ3v) is 6.97. The predicted octanol–water partition coefficient (Wildman–Crippen LogP) is 3.32. The van der Waals surface area contributed by atoms with E-state index in [1.165, 1.54) is 12.8 Å². The highest BCUT2D eigenvalue weighted by atomic mass is 32.1. The van der Waals surface area contributed by atoms with Gasteiger partial charge in [0.25, 0.3) is 0 Å². The van der Waals surface area contributed by atoms with Crippen molar-refractivity contribution in [2.24, 2.45) is 17.8 Å². The van der Waals surface area contributed by atoms with Gasteiger partial charge in [-0.05, 0) is 55.8 Å². The van der Waals surface area contributed by atoms with Crippen LogP contribution < -0.4 is 5.32 Å². The molecule has 5 heteroatoms. The molecule has 1 aromatic heterocycles. The average molecular weight is 308 g/mol. The SMILES string of the molecule is CC(C)c1sc(NC2C3CC4CC2CC(O)(C4)C3)nc1O. The van der Waals surface area contributed by atoms with E-state index in [-0.39, 0.29) is 11.5 Å². The van der Waals surface area contributed by atoms with E-state index >= 15 is 0 Å². The third kappa shape index (κ3) is 2.25. The summed E-state index contributed by atoms with van der Waals surface area (Å²) in [6, 6.07) is 0.424. The van der Waals surface area contributed by atoms with Gasteiger partial charge in [-0.2, -0.15) is 4.98 Å². The molecular formula is C16H24N2O2S. The van der Waals surface area contributed by atoms with Crippen LogP contribution in [0.15, 0.2) is 0 Å². The van der Waals surface area contributed by atoms with Crippen molar-refractivity contribution in [3.8, 4) is 5.88 Å². The van der Waals surface area contributed by atoms with E-state index in [2.05, 4.69) is 24.1 Å². The smallest absolute Gasteiger partial charge is 0.227 e. The van der Waals surface area contributed by atoms with Crippen LogP contribution in [0.5, 0.6) is 5.88 Å². The van der Waals surface area contributed by atoms with Crippen molar-refractivity contribution in [2.75, 3.05) is 5.32 Å². The molecule has 2 atom stereocenters. The summed E-state index contributed by atoms with van der Waals surface area (Å²) in [5.74, 6) is 2.34. The number of aromatic nitrogens is 1. The van der Waals surface area contributed by atoms with Gasteiger partial charge in [0.05, 0.1) is 10.5 Å². The van der Waals surface area contributed by atoms with Crippen molar-refractivity contribution in [3.05, 3.63) is 4.88 Å². The summed E-state index contributed by atoms with van der Waals surface area (Å²) in [4.78, 5) is 5.26. The first-order valence-corrected chi connectivity index (χ1v) is 8.94. The Labute approximate surface area is 129 Å². The molecule has 1 aromatic rings. The largest absolute Gasteiger partial charge is 0.492 e. The van der Waals surface area contributed by atoms with Gasteiger partial charge in [0.15, 0.2) is 5.13 Å². The summed E-state index contributed by atoms with van der Waals surface area (Å²) < 4.78 is 0. The van der Waals surface area contributed by atoms with Crippen molar-refractivity contribution >= 4 is 16.5 Å². The average Bonchev–Trinajstić information content (AvgIpc) is 2.73. The van der Waals surface area contributed by atoms with Gasteiger partial charge >= 0.3 is 0 Å². The van der Waals surface area contributed by atoms with E-state index in [1.54, 1.807) is 11.3 Å². The number of aromatic hydroxyl groups is 1. The quantitative estimate of drug-likeness (QED) is 0.801. The monoisotopic (exact) mass is 308 g/mol. The molecule has 4 bridgehead atoms. The van der Waals surface area contributed by atoms with Gasteiger partial charge in [-0.3, -0.25) is 0 Å². The number of aliphatic hydroxyl groups is 1. The third-order valence-electron chi connectivity index (χ3n) is 5.69. The van der Waals surface area contributed by atoms with Crippen LogP contribution in [0.2, 0.25) is 0 Å². The minimum absolute atomic E-state index is 0.181. The Morgan fingerprint density at radius 2 is 1.90 bits per heavy atom. The van der Waals surface area contributed by atoms with Gasteiger partial charge in [-0.25, -0.2) is 0 Å². The maximum absolute atomic E-state index is 10.6. The van der Waals surface area contributed by atoms with Crippen molar-refractivity contribution in [2.45, 2.75) is 63.5 Å². The number of nitrogens with zero attached hydrogens (tertiary/aromatic N) is 1. The Morgan fingerprint density at radius 1 is 1.24 bits per heavy atom. The number of thiazole rings is 1. The highest BCUT2D eigenvalue weighted by Crippen LogP contribution is 2.56. The highest BCUT2D eigenvalue weighted by Gasteiger charge is 2.54. The van der Waals surface area contributed by atoms with E-state index in [9.17, 15) is 10.2 Å². The van der Waals surface area contributed by atoms with E-state index in [0.29, 0.717) is 23.8 Å². The minimum atomic E-state index is -0.386. The number of rotatable bonds is 3. The predicted molar refractivity (Wildman–Crippen MR) is 83.8 cm³/mol. The number of hydrogen-bond donors (Lipinski definition) is 3. The molecule has 0 radical (unpaired) electrons. The first-order chi connectivity index (χ1) is 9.93. The molecule has 0 aliphatic heterocycles. The van der Waals surface area contributed by atoms with Crippen LogP contribution in [0.4, 0.5) is 5.13 Å². The van der Waals surface area contributed by atoms with Gasteiger partial charge in [0.1, 0.15) is 0 Å². The maximum Gasteiger partial charge on any atom is 0.227 e. The topological polar surface area (TPSA) is 65.4 Å². The molecule has 0 amide bonds. The standard InChI is InChI=1S/C16H24N2O2S/c1-8(2)13-14(19)18-15(21-13)17-12-10-3-9-4-11(12)7-16(20,5-9)6-10/h8-12,19-20H,3-7H2,1-2H3,(H,17,18). The van der Waals surface area contributed by atoms with Gasteiger partial charge < -0.3 is 15.5 Å². The zero-order valence-electron chi connectivity index (χ0n) is 12.7. The molecule has 4 saturated carbocycles. The summed E-state index contributed by atoms with van der Waals surface area (Å²) in [6.07, 6.45) is 5.37. The van der Waals surface area contributed by atoms with Crippen molar-refractivity contribution in [1.29, 1.82) is 0 Å². The summed E-state index contributed by atoms with van der Waals surface area (Å²) in [5.41, 5.74) is -0.386. The fraction of sp³-hybridized carbons (Fsp3) is 0.812. The van der Waals surface area contributed by atoms with Crippen molar-refractivity contribution in [1.82, 2.24) is 4.98 Å². The normalized spacial score (nSPS) is 41.0. The number of nitrogens with one attached hydrogen (secondary N) is 1. The molecule has 1 heterocycles. The van der Waals surface area contributed by atoms with Crippen LogP contribution in [0.25, 0.3) is 0 Å². The molecule has 4 aliphatic carbocycles. The van der Waals surface area contributed by atoms with Gasteiger partial charge in [0.2, 0.25) is 5.88 Å². The van der Waals surface area contributed by atoms with Crippen LogP contribution >= 0.6 is 11.3 Å². The summed E-state index contributed by atoms with van der Waals surface area (Å²) in [7, 11) is 0. The van der Waals surface area contributed by atoms with E-state index in [4.69, 9.17) is 0 Å². The fourth-order valence-corrected chi connectivity index (χ4v) is 6.03. The molecule has 4 nitrogen and oxygen atoms in total. The maximum atomic E-state index is 10.6.